The van der Waals surface area contributed by atoms with Crippen LogP contribution in [-0.4, -0.2) is 36.5 Å². The van der Waals surface area contributed by atoms with E-state index in [-0.39, 0.29) is 0 Å². The van der Waals surface area contributed by atoms with Gasteiger partial charge in [-0.3, -0.25) is 4.79 Å². The standard InChI is InChI=1S/C12H22N2O/c1-9(10-3-4-10)14(11-5-6-11)12(15)7-8-13-2/h9-11,13H,3-8H2,1-2H3. The van der Waals surface area contributed by atoms with Crippen LogP contribution in [0.15, 0.2) is 0 Å². The highest BCUT2D eigenvalue weighted by atomic mass is 16.2. The van der Waals surface area contributed by atoms with Gasteiger partial charge in [0, 0.05) is 25.0 Å². The molecule has 2 fully saturated rings. The molecule has 0 aromatic heterocycles. The smallest absolute Gasteiger partial charge is 0.224 e. The fourth-order valence-corrected chi connectivity index (χ4v) is 2.28. The molecule has 1 unspecified atom stereocenters. The summed E-state index contributed by atoms with van der Waals surface area (Å²) in [7, 11) is 1.90. The highest BCUT2D eigenvalue weighted by Gasteiger charge is 2.41. The van der Waals surface area contributed by atoms with Gasteiger partial charge in [0.15, 0.2) is 0 Å². The maximum Gasteiger partial charge on any atom is 0.224 e. The van der Waals surface area contributed by atoms with Gasteiger partial charge in [-0.15, -0.1) is 0 Å². The summed E-state index contributed by atoms with van der Waals surface area (Å²) in [5.74, 6) is 1.15. The van der Waals surface area contributed by atoms with Crippen LogP contribution >= 0.6 is 0 Å². The molecule has 3 nitrogen and oxygen atoms in total. The van der Waals surface area contributed by atoms with Gasteiger partial charge in [0.1, 0.15) is 0 Å². The third-order valence-electron chi connectivity index (χ3n) is 3.56. The molecule has 0 aromatic rings. The largest absolute Gasteiger partial charge is 0.337 e. The molecular weight excluding hydrogens is 188 g/mol. The number of carbonyl (C=O) groups excluding carboxylic acids is 1. The van der Waals surface area contributed by atoms with Crippen molar-refractivity contribution in [3.8, 4) is 0 Å². The van der Waals surface area contributed by atoms with Gasteiger partial charge in [-0.25, -0.2) is 0 Å². The summed E-state index contributed by atoms with van der Waals surface area (Å²) < 4.78 is 0. The van der Waals surface area contributed by atoms with Crippen molar-refractivity contribution >= 4 is 5.91 Å². The average Bonchev–Trinajstić information content (AvgIpc) is 3.02. The summed E-state index contributed by atoms with van der Waals surface area (Å²) in [6.07, 6.45) is 5.75. The zero-order valence-corrected chi connectivity index (χ0v) is 9.83. The Morgan fingerprint density at radius 3 is 2.53 bits per heavy atom. The van der Waals surface area contributed by atoms with Crippen LogP contribution in [0.2, 0.25) is 0 Å². The van der Waals surface area contributed by atoms with E-state index in [0.29, 0.717) is 24.4 Å². The maximum absolute atomic E-state index is 12.0. The first kappa shape index (κ1) is 10.9. The Labute approximate surface area is 92.2 Å². The number of nitrogens with one attached hydrogen (secondary N) is 1. The quantitative estimate of drug-likeness (QED) is 0.718. The summed E-state index contributed by atoms with van der Waals surface area (Å²) >= 11 is 0. The van der Waals surface area contributed by atoms with Crippen LogP contribution in [0.5, 0.6) is 0 Å². The van der Waals surface area contributed by atoms with E-state index in [4.69, 9.17) is 0 Å². The van der Waals surface area contributed by atoms with E-state index in [0.717, 1.165) is 12.5 Å². The fraction of sp³-hybridized carbons (Fsp3) is 0.917. The van der Waals surface area contributed by atoms with Crippen molar-refractivity contribution in [2.24, 2.45) is 5.92 Å². The summed E-state index contributed by atoms with van der Waals surface area (Å²) in [5, 5.41) is 3.05. The second-order valence-corrected chi connectivity index (χ2v) is 4.96. The lowest BCUT2D eigenvalue weighted by atomic mass is 10.1. The Morgan fingerprint density at radius 1 is 1.40 bits per heavy atom. The predicted molar refractivity (Wildman–Crippen MR) is 60.6 cm³/mol. The van der Waals surface area contributed by atoms with Crippen LogP contribution in [0.4, 0.5) is 0 Å². The SMILES string of the molecule is CNCCC(=O)N(C1CC1)C(C)C1CC1. The molecule has 3 heteroatoms. The predicted octanol–water partition coefficient (Wildman–Crippen LogP) is 1.39. The molecule has 0 heterocycles. The molecule has 2 aliphatic rings. The van der Waals surface area contributed by atoms with Gasteiger partial charge in [0.2, 0.25) is 5.91 Å². The van der Waals surface area contributed by atoms with Gasteiger partial charge in [0.05, 0.1) is 0 Å². The first-order valence-electron chi connectivity index (χ1n) is 6.19. The molecule has 15 heavy (non-hydrogen) atoms. The first-order valence-corrected chi connectivity index (χ1v) is 6.19. The van der Waals surface area contributed by atoms with Crippen LogP contribution in [0, 0.1) is 5.92 Å². The topological polar surface area (TPSA) is 32.3 Å². The van der Waals surface area contributed by atoms with Gasteiger partial charge in [-0.1, -0.05) is 0 Å². The van der Waals surface area contributed by atoms with Crippen molar-refractivity contribution in [2.75, 3.05) is 13.6 Å². The van der Waals surface area contributed by atoms with Crippen LogP contribution in [0.3, 0.4) is 0 Å². The van der Waals surface area contributed by atoms with Crippen molar-refractivity contribution < 1.29 is 4.79 Å². The molecule has 0 spiro atoms. The van der Waals surface area contributed by atoms with Crippen LogP contribution in [-0.2, 0) is 4.79 Å². The average molecular weight is 210 g/mol. The molecule has 2 rings (SSSR count). The Morgan fingerprint density at radius 2 is 2.07 bits per heavy atom. The number of hydrogen-bond donors (Lipinski definition) is 1. The number of hydrogen-bond acceptors (Lipinski definition) is 2. The molecule has 0 aromatic carbocycles. The van der Waals surface area contributed by atoms with E-state index in [2.05, 4.69) is 17.1 Å². The summed E-state index contributed by atoms with van der Waals surface area (Å²) in [5.41, 5.74) is 0. The summed E-state index contributed by atoms with van der Waals surface area (Å²) in [6.45, 7) is 3.03. The second kappa shape index (κ2) is 4.52. The Hall–Kier alpha value is -0.570. The lowest BCUT2D eigenvalue weighted by molar-refractivity contribution is -0.134. The normalized spacial score (nSPS) is 22.5. The molecule has 0 aliphatic heterocycles. The Kier molecular flexibility index (Phi) is 3.29. The molecule has 0 radical (unpaired) electrons. The van der Waals surface area contributed by atoms with Gasteiger partial charge in [0.25, 0.3) is 0 Å². The van der Waals surface area contributed by atoms with E-state index in [1.54, 1.807) is 0 Å². The lowest BCUT2D eigenvalue weighted by Crippen LogP contribution is -2.42. The molecule has 0 saturated heterocycles. The maximum atomic E-state index is 12.0. The molecule has 1 atom stereocenters. The highest BCUT2D eigenvalue weighted by molar-refractivity contribution is 5.77. The zero-order valence-electron chi connectivity index (χ0n) is 9.83. The molecule has 1 N–H and O–H groups in total. The second-order valence-electron chi connectivity index (χ2n) is 4.96. The molecule has 0 bridgehead atoms. The first-order chi connectivity index (χ1) is 7.24. The zero-order chi connectivity index (χ0) is 10.8. The van der Waals surface area contributed by atoms with Crippen molar-refractivity contribution in [3.63, 3.8) is 0 Å². The van der Waals surface area contributed by atoms with Crippen molar-refractivity contribution in [1.82, 2.24) is 10.2 Å². The lowest BCUT2D eigenvalue weighted by Gasteiger charge is -2.29. The number of carbonyl (C=O) groups is 1. The van der Waals surface area contributed by atoms with Gasteiger partial charge in [-0.05, 0) is 45.6 Å². The van der Waals surface area contributed by atoms with Crippen LogP contribution in [0.1, 0.15) is 39.0 Å². The number of nitrogens with zero attached hydrogens (tertiary/aromatic N) is 1. The summed E-state index contributed by atoms with van der Waals surface area (Å²) in [6, 6.07) is 1.06. The monoisotopic (exact) mass is 210 g/mol. The van der Waals surface area contributed by atoms with Crippen LogP contribution < -0.4 is 5.32 Å². The Bertz CT molecular complexity index is 234. The van der Waals surface area contributed by atoms with Crippen molar-refractivity contribution in [2.45, 2.75) is 51.1 Å². The van der Waals surface area contributed by atoms with E-state index in [1.807, 2.05) is 7.05 Å². The van der Waals surface area contributed by atoms with Crippen LogP contribution in [0.25, 0.3) is 0 Å². The van der Waals surface area contributed by atoms with Crippen molar-refractivity contribution in [3.05, 3.63) is 0 Å². The van der Waals surface area contributed by atoms with Gasteiger partial charge >= 0.3 is 0 Å². The van der Waals surface area contributed by atoms with Gasteiger partial charge in [-0.2, -0.15) is 0 Å². The summed E-state index contributed by atoms with van der Waals surface area (Å²) in [4.78, 5) is 14.2. The number of amides is 1. The molecule has 2 saturated carbocycles. The third kappa shape index (κ3) is 2.71. The molecular formula is C12H22N2O. The molecule has 2 aliphatic carbocycles. The minimum atomic E-state index is 0.353. The van der Waals surface area contributed by atoms with Gasteiger partial charge < -0.3 is 10.2 Å². The third-order valence-corrected chi connectivity index (χ3v) is 3.56. The highest BCUT2D eigenvalue weighted by Crippen LogP contribution is 2.39. The minimum absolute atomic E-state index is 0.353. The van der Waals surface area contributed by atoms with Crippen molar-refractivity contribution in [1.29, 1.82) is 0 Å². The van der Waals surface area contributed by atoms with E-state index < -0.39 is 0 Å². The van der Waals surface area contributed by atoms with E-state index >= 15 is 0 Å². The fourth-order valence-electron chi connectivity index (χ4n) is 2.28. The molecule has 1 amide bonds. The Balaban J connectivity index is 1.89. The minimum Gasteiger partial charge on any atom is -0.337 e. The van der Waals surface area contributed by atoms with E-state index in [9.17, 15) is 4.79 Å². The molecule has 86 valence electrons. The number of rotatable bonds is 6. The van der Waals surface area contributed by atoms with E-state index in [1.165, 1.54) is 25.7 Å².